The van der Waals surface area contributed by atoms with Gasteiger partial charge in [-0.2, -0.15) is 0 Å². The van der Waals surface area contributed by atoms with Gasteiger partial charge in [-0.3, -0.25) is 4.79 Å². The standard InChI is InChI=1S/C24H29Cl2NO4/c1-3-4-15(2)27-22(16-5-9-18(25)10-6-16)23(17-7-11-19(26)12-8-17)31-21(24(27)30)13-20(29)14-28/h5-12,15,20-23,28-29H,3-4,13-14H2,1-2H3/t15-,20-,21+,22-,23+/m1/s1. The van der Waals surface area contributed by atoms with Crippen LogP contribution in [0.15, 0.2) is 48.5 Å². The fraction of sp³-hybridized carbons (Fsp3) is 0.458. The molecule has 2 aromatic rings. The van der Waals surface area contributed by atoms with Crippen molar-refractivity contribution in [1.82, 2.24) is 4.90 Å². The van der Waals surface area contributed by atoms with Gasteiger partial charge >= 0.3 is 0 Å². The maximum atomic E-state index is 13.5. The van der Waals surface area contributed by atoms with Crippen molar-refractivity contribution in [3.8, 4) is 0 Å². The van der Waals surface area contributed by atoms with Gasteiger partial charge in [0.1, 0.15) is 12.2 Å². The molecule has 1 amide bonds. The molecule has 0 spiro atoms. The number of aliphatic hydroxyl groups excluding tert-OH is 2. The first-order chi connectivity index (χ1) is 14.8. The summed E-state index contributed by atoms with van der Waals surface area (Å²) in [6, 6.07) is 14.4. The predicted octanol–water partition coefficient (Wildman–Crippen LogP) is 4.94. The molecule has 0 unspecified atom stereocenters. The topological polar surface area (TPSA) is 70.0 Å². The Morgan fingerprint density at radius 2 is 1.58 bits per heavy atom. The second kappa shape index (κ2) is 10.8. The summed E-state index contributed by atoms with van der Waals surface area (Å²) in [5.41, 5.74) is 1.80. The lowest BCUT2D eigenvalue weighted by atomic mass is 9.89. The van der Waals surface area contributed by atoms with Crippen molar-refractivity contribution >= 4 is 29.1 Å². The number of ether oxygens (including phenoxy) is 1. The van der Waals surface area contributed by atoms with Crippen LogP contribution in [0.3, 0.4) is 0 Å². The molecular formula is C24H29Cl2NO4. The van der Waals surface area contributed by atoms with Crippen molar-refractivity contribution in [2.75, 3.05) is 6.61 Å². The van der Waals surface area contributed by atoms with E-state index in [0.29, 0.717) is 10.0 Å². The Balaban J connectivity index is 2.10. The Morgan fingerprint density at radius 1 is 1.03 bits per heavy atom. The maximum absolute atomic E-state index is 13.5. The molecule has 0 radical (unpaired) electrons. The molecule has 2 N–H and O–H groups in total. The van der Waals surface area contributed by atoms with E-state index in [1.54, 1.807) is 12.1 Å². The van der Waals surface area contributed by atoms with E-state index in [1.165, 1.54) is 0 Å². The average molecular weight is 466 g/mol. The van der Waals surface area contributed by atoms with E-state index in [-0.39, 0.29) is 24.4 Å². The van der Waals surface area contributed by atoms with Gasteiger partial charge < -0.3 is 19.8 Å². The van der Waals surface area contributed by atoms with E-state index >= 15 is 0 Å². The number of hydrogen-bond acceptors (Lipinski definition) is 4. The van der Waals surface area contributed by atoms with Crippen molar-refractivity contribution < 1.29 is 19.7 Å². The highest BCUT2D eigenvalue weighted by atomic mass is 35.5. The molecule has 168 valence electrons. The highest BCUT2D eigenvalue weighted by Crippen LogP contribution is 2.44. The van der Waals surface area contributed by atoms with Crippen LogP contribution >= 0.6 is 23.2 Å². The van der Waals surface area contributed by atoms with E-state index in [4.69, 9.17) is 27.9 Å². The molecule has 0 bridgehead atoms. The molecule has 1 fully saturated rings. The van der Waals surface area contributed by atoms with Gasteiger partial charge in [0.05, 0.1) is 18.8 Å². The molecule has 5 atom stereocenters. The molecule has 1 heterocycles. The van der Waals surface area contributed by atoms with Crippen molar-refractivity contribution in [2.45, 2.75) is 63.5 Å². The summed E-state index contributed by atoms with van der Waals surface area (Å²) < 4.78 is 6.31. The molecule has 7 heteroatoms. The van der Waals surface area contributed by atoms with Gasteiger partial charge in [-0.25, -0.2) is 0 Å². The van der Waals surface area contributed by atoms with Crippen LogP contribution in [0.25, 0.3) is 0 Å². The SMILES string of the molecule is CCC[C@@H](C)N1C(=O)[C@H](C[C@@H](O)CO)O[C@@H](c2ccc(Cl)cc2)[C@H]1c1ccc(Cl)cc1. The molecule has 5 nitrogen and oxygen atoms in total. The van der Waals surface area contributed by atoms with Gasteiger partial charge in [-0.05, 0) is 48.7 Å². The minimum atomic E-state index is -1.03. The third-order valence-corrected chi connectivity index (χ3v) is 6.22. The van der Waals surface area contributed by atoms with Crippen LogP contribution < -0.4 is 0 Å². The quantitative estimate of drug-likeness (QED) is 0.579. The summed E-state index contributed by atoms with van der Waals surface area (Å²) in [5, 5.41) is 20.6. The molecule has 0 aliphatic carbocycles. The molecule has 1 aliphatic heterocycles. The fourth-order valence-corrected chi connectivity index (χ4v) is 4.45. The molecule has 0 saturated carbocycles. The van der Waals surface area contributed by atoms with E-state index in [0.717, 1.165) is 24.0 Å². The summed E-state index contributed by atoms with van der Waals surface area (Å²) in [4.78, 5) is 15.4. The molecule has 1 aliphatic rings. The van der Waals surface area contributed by atoms with Crippen molar-refractivity contribution in [3.63, 3.8) is 0 Å². The van der Waals surface area contributed by atoms with Gasteiger partial charge in [0.25, 0.3) is 5.91 Å². The third-order valence-electron chi connectivity index (χ3n) is 5.72. The normalized spacial score (nSPS) is 23.6. The number of carbonyl (C=O) groups is 1. The van der Waals surface area contributed by atoms with Crippen molar-refractivity contribution in [1.29, 1.82) is 0 Å². The molecule has 2 aromatic carbocycles. The third kappa shape index (κ3) is 5.60. The van der Waals surface area contributed by atoms with Crippen LogP contribution in [0.5, 0.6) is 0 Å². The lowest BCUT2D eigenvalue weighted by Crippen LogP contribution is -2.54. The zero-order valence-electron chi connectivity index (χ0n) is 17.7. The number of amides is 1. The van der Waals surface area contributed by atoms with E-state index in [2.05, 4.69) is 6.92 Å². The van der Waals surface area contributed by atoms with E-state index in [9.17, 15) is 15.0 Å². The second-order valence-corrected chi connectivity index (χ2v) is 8.92. The molecule has 31 heavy (non-hydrogen) atoms. The Morgan fingerprint density at radius 3 is 2.10 bits per heavy atom. The van der Waals surface area contributed by atoms with E-state index in [1.807, 2.05) is 48.2 Å². The zero-order valence-corrected chi connectivity index (χ0v) is 19.3. The Kier molecular flexibility index (Phi) is 8.36. The second-order valence-electron chi connectivity index (χ2n) is 8.05. The summed E-state index contributed by atoms with van der Waals surface area (Å²) in [7, 11) is 0. The largest absolute Gasteiger partial charge is 0.394 e. The summed E-state index contributed by atoms with van der Waals surface area (Å²) in [6.07, 6.45) is -0.567. The number of morpholine rings is 1. The monoisotopic (exact) mass is 465 g/mol. The Labute approximate surface area is 193 Å². The zero-order chi connectivity index (χ0) is 22.5. The number of carbonyl (C=O) groups excluding carboxylic acids is 1. The van der Waals surface area contributed by atoms with Gasteiger partial charge in [0, 0.05) is 22.5 Å². The predicted molar refractivity (Wildman–Crippen MR) is 122 cm³/mol. The number of aliphatic hydroxyl groups is 2. The van der Waals surface area contributed by atoms with Crippen LogP contribution in [0, 0.1) is 0 Å². The van der Waals surface area contributed by atoms with Gasteiger partial charge in [-0.15, -0.1) is 0 Å². The Hall–Kier alpha value is -1.63. The lowest BCUT2D eigenvalue weighted by Gasteiger charge is -2.48. The Bertz CT molecular complexity index is 859. The first kappa shape index (κ1) is 24.0. The fourth-order valence-electron chi connectivity index (χ4n) is 4.19. The van der Waals surface area contributed by atoms with E-state index < -0.39 is 24.9 Å². The number of benzene rings is 2. The maximum Gasteiger partial charge on any atom is 0.252 e. The number of halogens is 2. The highest BCUT2D eigenvalue weighted by Gasteiger charge is 2.46. The number of nitrogens with zero attached hydrogens (tertiary/aromatic N) is 1. The summed E-state index contributed by atoms with van der Waals surface area (Å²) in [5.74, 6) is -0.182. The van der Waals surface area contributed by atoms with Crippen LogP contribution in [0.1, 0.15) is 56.4 Å². The minimum Gasteiger partial charge on any atom is -0.394 e. The van der Waals surface area contributed by atoms with Crippen LogP contribution in [0.2, 0.25) is 10.0 Å². The molecule has 0 aromatic heterocycles. The molecule has 1 saturated heterocycles. The average Bonchev–Trinajstić information content (AvgIpc) is 2.76. The minimum absolute atomic E-state index is 0.0299. The first-order valence-electron chi connectivity index (χ1n) is 10.6. The van der Waals surface area contributed by atoms with Gasteiger partial charge in [-0.1, -0.05) is 60.8 Å². The van der Waals surface area contributed by atoms with Crippen molar-refractivity contribution in [3.05, 3.63) is 69.7 Å². The van der Waals surface area contributed by atoms with Gasteiger partial charge in [0.15, 0.2) is 0 Å². The van der Waals surface area contributed by atoms with Crippen LogP contribution in [-0.4, -0.2) is 45.9 Å². The highest BCUT2D eigenvalue weighted by molar-refractivity contribution is 6.30. The lowest BCUT2D eigenvalue weighted by molar-refractivity contribution is -0.183. The van der Waals surface area contributed by atoms with Crippen LogP contribution in [0.4, 0.5) is 0 Å². The van der Waals surface area contributed by atoms with Gasteiger partial charge in [0.2, 0.25) is 0 Å². The number of hydrogen-bond donors (Lipinski definition) is 2. The molecule has 3 rings (SSSR count). The number of rotatable bonds is 8. The summed E-state index contributed by atoms with van der Waals surface area (Å²) in [6.45, 7) is 3.69. The van der Waals surface area contributed by atoms with Crippen LogP contribution in [-0.2, 0) is 9.53 Å². The smallest absolute Gasteiger partial charge is 0.252 e. The summed E-state index contributed by atoms with van der Waals surface area (Å²) >= 11 is 12.2. The van der Waals surface area contributed by atoms with Crippen molar-refractivity contribution in [2.24, 2.45) is 0 Å². The first-order valence-corrected chi connectivity index (χ1v) is 11.4. The molecular weight excluding hydrogens is 437 g/mol.